The first kappa shape index (κ1) is 24.5. The number of sulfonamides is 1. The molecule has 0 aliphatic carbocycles. The zero-order valence-electron chi connectivity index (χ0n) is 19.6. The van der Waals surface area contributed by atoms with Crippen molar-refractivity contribution in [2.45, 2.75) is 18.4 Å². The van der Waals surface area contributed by atoms with Crippen LogP contribution in [0, 0.1) is 12.7 Å². The minimum Gasteiger partial charge on any atom is -0.279 e. The first-order valence-corrected chi connectivity index (χ1v) is 13.6. The summed E-state index contributed by atoms with van der Waals surface area (Å²) in [6, 6.07) is 20.7. The zero-order valence-corrected chi connectivity index (χ0v) is 21.3. The lowest BCUT2D eigenvalue weighted by molar-refractivity contribution is 0.0986. The molecule has 0 spiro atoms. The van der Waals surface area contributed by atoms with Crippen LogP contribution in [0.5, 0.6) is 0 Å². The number of pyridine rings is 1. The fourth-order valence-electron chi connectivity index (χ4n) is 3.73. The Kier molecular flexibility index (Phi) is 6.68. The zero-order chi connectivity index (χ0) is 26.0. The number of amides is 1. The average Bonchev–Trinajstić information content (AvgIpc) is 3.31. The van der Waals surface area contributed by atoms with Gasteiger partial charge in [0.25, 0.3) is 15.9 Å². The standard InChI is InChI=1S/C27H21FN4O3S2/c1-18-8-11-21(12-9-18)37(34,35)31-23-7-3-2-6-22(23)26(33)32(17-19-5-4-14-29-16-19)27-30-24-13-10-20(28)15-25(24)36-27/h2-16,31H,17H2,1H3. The number of para-hydroxylation sites is 1. The van der Waals surface area contributed by atoms with E-state index in [9.17, 15) is 17.6 Å². The first-order chi connectivity index (χ1) is 17.8. The second kappa shape index (κ2) is 10.1. The molecule has 0 aliphatic heterocycles. The molecule has 0 saturated heterocycles. The predicted octanol–water partition coefficient (Wildman–Crippen LogP) is 5.79. The average molecular weight is 533 g/mol. The molecule has 0 bridgehead atoms. The Morgan fingerprint density at radius 3 is 2.57 bits per heavy atom. The monoisotopic (exact) mass is 532 g/mol. The van der Waals surface area contributed by atoms with Crippen molar-refractivity contribution in [3.63, 3.8) is 0 Å². The van der Waals surface area contributed by atoms with Gasteiger partial charge in [-0.1, -0.05) is 47.2 Å². The number of hydrogen-bond donors (Lipinski definition) is 1. The van der Waals surface area contributed by atoms with E-state index in [2.05, 4.69) is 14.7 Å². The van der Waals surface area contributed by atoms with Crippen LogP contribution in [0.15, 0.2) is 96.2 Å². The van der Waals surface area contributed by atoms with Gasteiger partial charge in [-0.3, -0.25) is 19.4 Å². The molecule has 5 aromatic rings. The SMILES string of the molecule is Cc1ccc(S(=O)(=O)Nc2ccccc2C(=O)N(Cc2cccnc2)c2nc3ccc(F)cc3s2)cc1. The molecule has 7 nitrogen and oxygen atoms in total. The number of halogens is 1. The predicted molar refractivity (Wildman–Crippen MR) is 143 cm³/mol. The number of rotatable bonds is 7. The van der Waals surface area contributed by atoms with E-state index in [1.807, 2.05) is 13.0 Å². The van der Waals surface area contributed by atoms with Gasteiger partial charge in [0.2, 0.25) is 0 Å². The Hall–Kier alpha value is -4.15. The van der Waals surface area contributed by atoms with E-state index in [1.54, 1.807) is 54.9 Å². The number of nitrogens with zero attached hydrogens (tertiary/aromatic N) is 3. The number of thiazole rings is 1. The highest BCUT2D eigenvalue weighted by molar-refractivity contribution is 7.92. The number of aromatic nitrogens is 2. The van der Waals surface area contributed by atoms with Crippen molar-refractivity contribution in [2.75, 3.05) is 9.62 Å². The van der Waals surface area contributed by atoms with Gasteiger partial charge in [-0.2, -0.15) is 0 Å². The third-order valence-electron chi connectivity index (χ3n) is 5.61. The number of anilines is 2. The maximum atomic E-state index is 13.9. The molecule has 0 saturated carbocycles. The second-order valence-electron chi connectivity index (χ2n) is 8.33. The van der Waals surface area contributed by atoms with Crippen LogP contribution in [0.1, 0.15) is 21.5 Å². The normalized spacial score (nSPS) is 11.4. The Bertz CT molecular complexity index is 1690. The minimum absolute atomic E-state index is 0.0840. The van der Waals surface area contributed by atoms with Crippen molar-refractivity contribution in [1.29, 1.82) is 0 Å². The highest BCUT2D eigenvalue weighted by atomic mass is 32.2. The number of fused-ring (bicyclic) bond motifs is 1. The molecule has 186 valence electrons. The van der Waals surface area contributed by atoms with Gasteiger partial charge in [0.1, 0.15) is 5.82 Å². The van der Waals surface area contributed by atoms with Crippen LogP contribution in [0.4, 0.5) is 15.2 Å². The van der Waals surface area contributed by atoms with Crippen LogP contribution in [0.25, 0.3) is 10.2 Å². The summed E-state index contributed by atoms with van der Waals surface area (Å²) in [5, 5.41) is 0.352. The molecule has 0 atom stereocenters. The highest BCUT2D eigenvalue weighted by Gasteiger charge is 2.26. The van der Waals surface area contributed by atoms with Crippen LogP contribution in [-0.2, 0) is 16.6 Å². The summed E-state index contributed by atoms with van der Waals surface area (Å²) in [6.07, 6.45) is 3.27. The van der Waals surface area contributed by atoms with Gasteiger partial charge in [0.15, 0.2) is 5.13 Å². The summed E-state index contributed by atoms with van der Waals surface area (Å²) in [7, 11) is -3.95. The maximum absolute atomic E-state index is 13.9. The lowest BCUT2D eigenvalue weighted by Crippen LogP contribution is -2.31. The number of carbonyl (C=O) groups is 1. The number of aryl methyl sites for hydroxylation is 1. The second-order valence-corrected chi connectivity index (χ2v) is 11.0. The molecular formula is C27H21FN4O3S2. The minimum atomic E-state index is -3.95. The van der Waals surface area contributed by atoms with E-state index in [1.165, 1.54) is 46.6 Å². The Labute approximate surface area is 217 Å². The smallest absolute Gasteiger partial charge is 0.262 e. The largest absolute Gasteiger partial charge is 0.279 e. The number of hydrogen-bond acceptors (Lipinski definition) is 6. The summed E-state index contributed by atoms with van der Waals surface area (Å²) in [5.74, 6) is -0.866. The van der Waals surface area contributed by atoms with Gasteiger partial charge in [0, 0.05) is 12.4 Å². The summed E-state index contributed by atoms with van der Waals surface area (Å²) in [5.41, 5.74) is 2.51. The lowest BCUT2D eigenvalue weighted by atomic mass is 10.1. The van der Waals surface area contributed by atoms with Crippen LogP contribution >= 0.6 is 11.3 Å². The third kappa shape index (κ3) is 5.35. The number of carbonyl (C=O) groups excluding carboxylic acids is 1. The molecule has 10 heteroatoms. The molecule has 0 radical (unpaired) electrons. The van der Waals surface area contributed by atoms with Crippen LogP contribution in [0.2, 0.25) is 0 Å². The van der Waals surface area contributed by atoms with Crippen molar-refractivity contribution < 1.29 is 17.6 Å². The van der Waals surface area contributed by atoms with Crippen molar-refractivity contribution in [1.82, 2.24) is 9.97 Å². The summed E-state index contributed by atoms with van der Waals surface area (Å²) in [4.78, 5) is 24.2. The Morgan fingerprint density at radius 2 is 1.81 bits per heavy atom. The number of nitrogens with one attached hydrogen (secondary N) is 1. The fraction of sp³-hybridized carbons (Fsp3) is 0.0741. The third-order valence-corrected chi connectivity index (χ3v) is 8.03. The van der Waals surface area contributed by atoms with E-state index in [4.69, 9.17) is 0 Å². The van der Waals surface area contributed by atoms with Gasteiger partial charge < -0.3 is 0 Å². The van der Waals surface area contributed by atoms with Gasteiger partial charge >= 0.3 is 0 Å². The fourth-order valence-corrected chi connectivity index (χ4v) is 5.80. The van der Waals surface area contributed by atoms with Gasteiger partial charge in [-0.05, 0) is 61.0 Å². The van der Waals surface area contributed by atoms with E-state index < -0.39 is 21.7 Å². The van der Waals surface area contributed by atoms with Crippen LogP contribution in [-0.4, -0.2) is 24.3 Å². The van der Waals surface area contributed by atoms with Crippen molar-refractivity contribution in [3.05, 3.63) is 114 Å². The molecule has 0 fully saturated rings. The molecule has 2 heterocycles. The Morgan fingerprint density at radius 1 is 1.03 bits per heavy atom. The van der Waals surface area contributed by atoms with Gasteiger partial charge in [-0.15, -0.1) is 0 Å². The van der Waals surface area contributed by atoms with E-state index in [0.717, 1.165) is 11.1 Å². The molecule has 1 amide bonds. The van der Waals surface area contributed by atoms with Crippen LogP contribution < -0.4 is 9.62 Å². The van der Waals surface area contributed by atoms with Gasteiger partial charge in [-0.25, -0.2) is 17.8 Å². The van der Waals surface area contributed by atoms with E-state index >= 15 is 0 Å². The van der Waals surface area contributed by atoms with Crippen LogP contribution in [0.3, 0.4) is 0 Å². The molecule has 37 heavy (non-hydrogen) atoms. The van der Waals surface area contributed by atoms with E-state index in [0.29, 0.717) is 15.3 Å². The lowest BCUT2D eigenvalue weighted by Gasteiger charge is -2.22. The molecule has 3 aromatic carbocycles. The number of benzene rings is 3. The molecule has 0 unspecified atom stereocenters. The van der Waals surface area contributed by atoms with Crippen molar-refractivity contribution in [3.8, 4) is 0 Å². The van der Waals surface area contributed by atoms with E-state index in [-0.39, 0.29) is 22.7 Å². The van der Waals surface area contributed by atoms with Gasteiger partial charge in [0.05, 0.1) is 32.9 Å². The molecule has 2 aromatic heterocycles. The van der Waals surface area contributed by atoms with Crippen molar-refractivity contribution >= 4 is 48.3 Å². The Balaban J connectivity index is 1.55. The molecule has 5 rings (SSSR count). The van der Waals surface area contributed by atoms with Crippen molar-refractivity contribution in [2.24, 2.45) is 0 Å². The summed E-state index contributed by atoms with van der Waals surface area (Å²) < 4.78 is 43.1. The summed E-state index contributed by atoms with van der Waals surface area (Å²) >= 11 is 1.17. The topological polar surface area (TPSA) is 92.3 Å². The molecule has 0 aliphatic rings. The maximum Gasteiger partial charge on any atom is 0.262 e. The highest BCUT2D eigenvalue weighted by Crippen LogP contribution is 2.32. The summed E-state index contributed by atoms with van der Waals surface area (Å²) in [6.45, 7) is 2.00. The molecular weight excluding hydrogens is 511 g/mol. The molecule has 1 N–H and O–H groups in total. The quantitative estimate of drug-likeness (QED) is 0.287. The first-order valence-electron chi connectivity index (χ1n) is 11.3.